The first-order chi connectivity index (χ1) is 8.97. The first-order valence-electron chi connectivity index (χ1n) is 5.64. The monoisotopic (exact) mass is 267 g/mol. The molecule has 0 fully saturated rings. The van der Waals surface area contributed by atoms with Gasteiger partial charge in [0.25, 0.3) is 0 Å². The number of aromatic nitrogens is 2. The zero-order chi connectivity index (χ0) is 13.9. The second-order valence-corrected chi connectivity index (χ2v) is 4.05. The Bertz CT molecular complexity index is 567. The summed E-state index contributed by atoms with van der Waals surface area (Å²) >= 11 is 0. The zero-order valence-electron chi connectivity index (χ0n) is 10.2. The Kier molecular flexibility index (Phi) is 3.69. The quantitative estimate of drug-likeness (QED) is 0.926. The Hall–Kier alpha value is -2.11. The third-order valence-electron chi connectivity index (χ3n) is 2.59. The van der Waals surface area contributed by atoms with E-state index in [-0.39, 0.29) is 12.1 Å². The second kappa shape index (κ2) is 5.26. The number of rotatable bonds is 3. The molecule has 1 aromatic carbocycles. The van der Waals surface area contributed by atoms with E-state index in [1.54, 1.807) is 19.1 Å². The van der Waals surface area contributed by atoms with E-state index in [1.165, 1.54) is 18.5 Å². The molecule has 3 nitrogen and oxygen atoms in total. The fourth-order valence-electron chi connectivity index (χ4n) is 1.69. The molecule has 6 heteroatoms. The molecule has 19 heavy (non-hydrogen) atoms. The molecule has 0 bridgehead atoms. The molecule has 100 valence electrons. The van der Waals surface area contributed by atoms with Crippen molar-refractivity contribution in [1.29, 1.82) is 0 Å². The molecule has 0 amide bonds. The Balaban J connectivity index is 2.16. The highest BCUT2D eigenvalue weighted by Crippen LogP contribution is 2.32. The summed E-state index contributed by atoms with van der Waals surface area (Å²) in [5, 5.41) is 2.86. The van der Waals surface area contributed by atoms with Crippen LogP contribution in [0, 0.1) is 6.92 Å². The van der Waals surface area contributed by atoms with E-state index in [9.17, 15) is 13.2 Å². The number of alkyl halides is 3. The maximum Gasteiger partial charge on any atom is 0.416 e. The lowest BCUT2D eigenvalue weighted by atomic mass is 10.1. The fraction of sp³-hybridized carbons (Fsp3) is 0.231. The van der Waals surface area contributed by atoms with Crippen molar-refractivity contribution in [3.63, 3.8) is 0 Å². The minimum Gasteiger partial charge on any atom is -0.366 e. The first kappa shape index (κ1) is 13.3. The van der Waals surface area contributed by atoms with Crippen LogP contribution in [0.4, 0.5) is 19.0 Å². The topological polar surface area (TPSA) is 37.8 Å². The van der Waals surface area contributed by atoms with E-state index in [4.69, 9.17) is 0 Å². The number of anilines is 1. The van der Waals surface area contributed by atoms with Gasteiger partial charge < -0.3 is 5.32 Å². The Morgan fingerprint density at radius 2 is 1.89 bits per heavy atom. The van der Waals surface area contributed by atoms with Gasteiger partial charge in [-0.2, -0.15) is 13.2 Å². The van der Waals surface area contributed by atoms with E-state index in [2.05, 4.69) is 15.3 Å². The third kappa shape index (κ3) is 3.43. The van der Waals surface area contributed by atoms with Crippen molar-refractivity contribution in [3.8, 4) is 0 Å². The normalized spacial score (nSPS) is 11.4. The molecule has 0 atom stereocenters. The standard InChI is InChI=1S/C13H12F3N3/c1-9-6-12(19-8-18-9)17-7-10-4-2-3-5-11(10)13(14,15)16/h2-6,8H,7H2,1H3,(H,17,18,19). The Labute approximate surface area is 108 Å². The van der Waals surface area contributed by atoms with Gasteiger partial charge in [-0.15, -0.1) is 0 Å². The summed E-state index contributed by atoms with van der Waals surface area (Å²) in [6.45, 7) is 1.85. The molecule has 2 rings (SSSR count). The second-order valence-electron chi connectivity index (χ2n) is 4.05. The van der Waals surface area contributed by atoms with Crippen LogP contribution in [0.25, 0.3) is 0 Å². The Morgan fingerprint density at radius 3 is 2.58 bits per heavy atom. The van der Waals surface area contributed by atoms with Crippen LogP contribution >= 0.6 is 0 Å². The van der Waals surface area contributed by atoms with Gasteiger partial charge in [-0.3, -0.25) is 0 Å². The molecule has 1 aromatic heterocycles. The molecule has 0 saturated carbocycles. The molecule has 0 spiro atoms. The number of aryl methyl sites for hydroxylation is 1. The molecule has 0 saturated heterocycles. The van der Waals surface area contributed by atoms with Crippen LogP contribution in [0.5, 0.6) is 0 Å². The molecule has 0 aliphatic rings. The van der Waals surface area contributed by atoms with Gasteiger partial charge >= 0.3 is 6.18 Å². The van der Waals surface area contributed by atoms with Crippen LogP contribution in [0.2, 0.25) is 0 Å². The Morgan fingerprint density at radius 1 is 1.16 bits per heavy atom. The van der Waals surface area contributed by atoms with Gasteiger partial charge in [0.15, 0.2) is 0 Å². The number of hydrogen-bond acceptors (Lipinski definition) is 3. The number of benzene rings is 1. The summed E-state index contributed by atoms with van der Waals surface area (Å²) in [4.78, 5) is 7.86. The van der Waals surface area contributed by atoms with Crippen molar-refractivity contribution in [3.05, 3.63) is 53.5 Å². The third-order valence-corrected chi connectivity index (χ3v) is 2.59. The van der Waals surface area contributed by atoms with Crippen LogP contribution in [0.15, 0.2) is 36.7 Å². The van der Waals surface area contributed by atoms with Gasteiger partial charge in [-0.25, -0.2) is 9.97 Å². The lowest BCUT2D eigenvalue weighted by Crippen LogP contribution is -2.12. The van der Waals surface area contributed by atoms with E-state index in [1.807, 2.05) is 0 Å². The smallest absolute Gasteiger partial charge is 0.366 e. The van der Waals surface area contributed by atoms with E-state index >= 15 is 0 Å². The summed E-state index contributed by atoms with van der Waals surface area (Å²) in [5.41, 5.74) is 0.307. The lowest BCUT2D eigenvalue weighted by Gasteiger charge is -2.13. The molecule has 0 radical (unpaired) electrons. The van der Waals surface area contributed by atoms with Gasteiger partial charge in [-0.05, 0) is 18.6 Å². The summed E-state index contributed by atoms with van der Waals surface area (Å²) in [5.74, 6) is 0.504. The van der Waals surface area contributed by atoms with Crippen molar-refractivity contribution in [2.45, 2.75) is 19.6 Å². The highest BCUT2D eigenvalue weighted by atomic mass is 19.4. The predicted octanol–water partition coefficient (Wildman–Crippen LogP) is 3.42. The van der Waals surface area contributed by atoms with Gasteiger partial charge in [0.2, 0.25) is 0 Å². The average molecular weight is 267 g/mol. The highest BCUT2D eigenvalue weighted by molar-refractivity contribution is 5.38. The molecule has 2 aromatic rings. The SMILES string of the molecule is Cc1cc(NCc2ccccc2C(F)(F)F)ncn1. The van der Waals surface area contributed by atoms with Crippen LogP contribution < -0.4 is 5.32 Å². The van der Waals surface area contributed by atoms with Crippen LogP contribution in [-0.4, -0.2) is 9.97 Å². The largest absolute Gasteiger partial charge is 0.416 e. The lowest BCUT2D eigenvalue weighted by molar-refractivity contribution is -0.138. The number of halogens is 3. The van der Waals surface area contributed by atoms with Crippen LogP contribution in [0.3, 0.4) is 0 Å². The fourth-order valence-corrected chi connectivity index (χ4v) is 1.69. The minimum atomic E-state index is -4.35. The molecule has 0 unspecified atom stereocenters. The summed E-state index contributed by atoms with van der Waals surface area (Å²) in [7, 11) is 0. The van der Waals surface area contributed by atoms with Gasteiger partial charge in [-0.1, -0.05) is 18.2 Å². The van der Waals surface area contributed by atoms with Crippen molar-refractivity contribution in [2.24, 2.45) is 0 Å². The molecule has 0 aliphatic heterocycles. The molecule has 0 aliphatic carbocycles. The molecular weight excluding hydrogens is 255 g/mol. The van der Waals surface area contributed by atoms with Crippen molar-refractivity contribution < 1.29 is 13.2 Å². The maximum atomic E-state index is 12.8. The molecule has 1 N–H and O–H groups in total. The van der Waals surface area contributed by atoms with Crippen molar-refractivity contribution in [1.82, 2.24) is 9.97 Å². The predicted molar refractivity (Wildman–Crippen MR) is 65.5 cm³/mol. The van der Waals surface area contributed by atoms with E-state index < -0.39 is 11.7 Å². The average Bonchev–Trinajstić information content (AvgIpc) is 2.36. The van der Waals surface area contributed by atoms with Crippen molar-refractivity contribution >= 4 is 5.82 Å². The molecular formula is C13H12F3N3. The summed E-state index contributed by atoms with van der Waals surface area (Å²) < 4.78 is 38.4. The van der Waals surface area contributed by atoms with Crippen LogP contribution in [0.1, 0.15) is 16.8 Å². The maximum absolute atomic E-state index is 12.8. The number of hydrogen-bond donors (Lipinski definition) is 1. The zero-order valence-corrected chi connectivity index (χ0v) is 10.2. The van der Waals surface area contributed by atoms with E-state index in [0.29, 0.717) is 5.82 Å². The first-order valence-corrected chi connectivity index (χ1v) is 5.64. The summed E-state index contributed by atoms with van der Waals surface area (Å²) in [6.07, 6.45) is -2.98. The van der Waals surface area contributed by atoms with Gasteiger partial charge in [0, 0.05) is 18.3 Å². The number of nitrogens with one attached hydrogen (secondary N) is 1. The van der Waals surface area contributed by atoms with Gasteiger partial charge in [0.05, 0.1) is 5.56 Å². The van der Waals surface area contributed by atoms with Crippen molar-refractivity contribution in [2.75, 3.05) is 5.32 Å². The highest BCUT2D eigenvalue weighted by Gasteiger charge is 2.32. The minimum absolute atomic E-state index is 0.0616. The van der Waals surface area contributed by atoms with E-state index in [0.717, 1.165) is 11.8 Å². The number of nitrogens with zero attached hydrogens (tertiary/aromatic N) is 2. The summed E-state index contributed by atoms with van der Waals surface area (Å²) in [6, 6.07) is 7.15. The molecule has 1 heterocycles. The van der Waals surface area contributed by atoms with Crippen LogP contribution in [-0.2, 0) is 12.7 Å². The van der Waals surface area contributed by atoms with Gasteiger partial charge in [0.1, 0.15) is 12.1 Å².